The van der Waals surface area contributed by atoms with Crippen molar-refractivity contribution >= 4 is 38.5 Å². The Kier molecular flexibility index (Phi) is 4.73. The van der Waals surface area contributed by atoms with E-state index in [-0.39, 0.29) is 9.03 Å². The Morgan fingerprint density at radius 2 is 1.78 bits per heavy atom. The van der Waals surface area contributed by atoms with Crippen LogP contribution in [0.2, 0.25) is 0 Å². The molecule has 0 atom stereocenters. The molecule has 0 bridgehead atoms. The fourth-order valence-corrected chi connectivity index (χ4v) is 2.12. The Bertz CT molecular complexity index is 446. The van der Waals surface area contributed by atoms with Crippen LogP contribution in [0.4, 0.5) is 26.3 Å². The van der Waals surface area contributed by atoms with Gasteiger partial charge in [0, 0.05) is 11.4 Å². The van der Waals surface area contributed by atoms with Gasteiger partial charge in [0.1, 0.15) is 15.0 Å². The lowest BCUT2D eigenvalue weighted by atomic mass is 10.2. The zero-order chi connectivity index (χ0) is 14.1. The summed E-state index contributed by atoms with van der Waals surface area (Å²) in [6.07, 6.45) is -10.2. The van der Waals surface area contributed by atoms with Crippen LogP contribution in [-0.4, -0.2) is 11.3 Å². The van der Waals surface area contributed by atoms with Crippen molar-refractivity contribution in [2.45, 2.75) is 17.9 Å². The standard InChI is InChI=1S/C8H3BrF6INO/c9-2-3-6(7(10,11)12)4(1-5(16)17-3)18-8(13,14)15/h1H,2H2. The Morgan fingerprint density at radius 1 is 1.22 bits per heavy atom. The van der Waals surface area contributed by atoms with Gasteiger partial charge < -0.3 is 4.74 Å². The highest BCUT2D eigenvalue weighted by Gasteiger charge is 2.42. The van der Waals surface area contributed by atoms with Crippen molar-refractivity contribution in [1.29, 1.82) is 0 Å². The second-order valence-electron chi connectivity index (χ2n) is 2.94. The molecular formula is C8H3BrF6INO. The van der Waals surface area contributed by atoms with Crippen molar-refractivity contribution in [3.8, 4) is 5.75 Å². The lowest BCUT2D eigenvalue weighted by Gasteiger charge is -2.17. The van der Waals surface area contributed by atoms with Crippen LogP contribution in [0, 0.1) is 3.70 Å². The quantitative estimate of drug-likeness (QED) is 0.287. The molecule has 0 N–H and O–H groups in total. The number of alkyl halides is 7. The molecular weight excluding hydrogens is 447 g/mol. The van der Waals surface area contributed by atoms with Crippen molar-refractivity contribution < 1.29 is 31.1 Å². The average Bonchev–Trinajstić information content (AvgIpc) is 2.11. The first-order valence-corrected chi connectivity index (χ1v) is 6.33. The van der Waals surface area contributed by atoms with Gasteiger partial charge in [0.15, 0.2) is 0 Å². The van der Waals surface area contributed by atoms with Crippen LogP contribution in [0.5, 0.6) is 5.75 Å². The smallest absolute Gasteiger partial charge is 0.405 e. The van der Waals surface area contributed by atoms with Gasteiger partial charge in [-0.3, -0.25) is 0 Å². The average molecular weight is 450 g/mol. The number of halogens is 8. The first-order valence-electron chi connectivity index (χ1n) is 4.13. The molecule has 0 saturated heterocycles. The van der Waals surface area contributed by atoms with E-state index in [1.807, 2.05) is 0 Å². The first-order chi connectivity index (χ1) is 8.04. The van der Waals surface area contributed by atoms with E-state index in [1.165, 1.54) is 22.6 Å². The molecule has 2 nitrogen and oxygen atoms in total. The third kappa shape index (κ3) is 4.14. The fraction of sp³-hybridized carbons (Fsp3) is 0.375. The molecule has 1 heterocycles. The highest BCUT2D eigenvalue weighted by Crippen LogP contribution is 2.41. The first kappa shape index (κ1) is 15.8. The monoisotopic (exact) mass is 449 g/mol. The number of hydrogen-bond acceptors (Lipinski definition) is 2. The summed E-state index contributed by atoms with van der Waals surface area (Å²) in [5.74, 6) is -1.30. The number of aromatic nitrogens is 1. The topological polar surface area (TPSA) is 22.1 Å². The van der Waals surface area contributed by atoms with E-state index < -0.39 is 29.5 Å². The highest BCUT2D eigenvalue weighted by molar-refractivity contribution is 14.1. The summed E-state index contributed by atoms with van der Waals surface area (Å²) in [5.41, 5.74) is -2.09. The normalized spacial score (nSPS) is 12.7. The molecule has 1 rings (SSSR count). The van der Waals surface area contributed by atoms with Gasteiger partial charge in [0.05, 0.1) is 5.69 Å². The van der Waals surface area contributed by atoms with E-state index >= 15 is 0 Å². The molecule has 1 aromatic rings. The van der Waals surface area contributed by atoms with Crippen LogP contribution in [0.3, 0.4) is 0 Å². The number of hydrogen-bond donors (Lipinski definition) is 0. The molecule has 0 aliphatic heterocycles. The number of nitrogens with zero attached hydrogens (tertiary/aromatic N) is 1. The van der Waals surface area contributed by atoms with Crippen molar-refractivity contribution in [3.05, 3.63) is 21.0 Å². The van der Waals surface area contributed by atoms with Gasteiger partial charge in [-0.15, -0.1) is 13.2 Å². The number of rotatable bonds is 2. The summed E-state index contributed by atoms with van der Waals surface area (Å²) < 4.78 is 77.6. The van der Waals surface area contributed by atoms with Crippen molar-refractivity contribution in [2.24, 2.45) is 0 Å². The van der Waals surface area contributed by atoms with Crippen LogP contribution in [0.25, 0.3) is 0 Å². The number of pyridine rings is 1. The summed E-state index contributed by atoms with van der Waals surface area (Å²) in [6, 6.07) is 0.586. The van der Waals surface area contributed by atoms with Crippen LogP contribution in [0.15, 0.2) is 6.07 Å². The number of ether oxygens (including phenoxy) is 1. The lowest BCUT2D eigenvalue weighted by Crippen LogP contribution is -2.22. The Morgan fingerprint density at radius 3 is 2.17 bits per heavy atom. The predicted octanol–water partition coefficient (Wildman–Crippen LogP) is 4.50. The maximum Gasteiger partial charge on any atom is 0.573 e. The Balaban J connectivity index is 3.43. The summed E-state index contributed by atoms with van der Waals surface area (Å²) in [7, 11) is 0. The van der Waals surface area contributed by atoms with Crippen molar-refractivity contribution in [1.82, 2.24) is 4.98 Å². The Labute approximate surface area is 119 Å². The van der Waals surface area contributed by atoms with E-state index in [1.54, 1.807) is 0 Å². The molecule has 0 fully saturated rings. The maximum atomic E-state index is 12.7. The van der Waals surface area contributed by atoms with Crippen LogP contribution < -0.4 is 4.74 Å². The van der Waals surface area contributed by atoms with E-state index in [0.29, 0.717) is 6.07 Å². The zero-order valence-electron chi connectivity index (χ0n) is 8.16. The molecule has 0 unspecified atom stereocenters. The van der Waals surface area contributed by atoms with E-state index in [0.717, 1.165) is 0 Å². The van der Waals surface area contributed by atoms with Gasteiger partial charge in [-0.05, 0) is 22.6 Å². The minimum Gasteiger partial charge on any atom is -0.405 e. The van der Waals surface area contributed by atoms with Gasteiger partial charge in [-0.1, -0.05) is 15.9 Å². The van der Waals surface area contributed by atoms with Crippen LogP contribution >= 0.6 is 38.5 Å². The van der Waals surface area contributed by atoms with Crippen molar-refractivity contribution in [2.75, 3.05) is 0 Å². The zero-order valence-corrected chi connectivity index (χ0v) is 11.9. The molecule has 0 radical (unpaired) electrons. The molecule has 0 saturated carbocycles. The molecule has 0 amide bonds. The molecule has 10 heteroatoms. The summed E-state index contributed by atoms with van der Waals surface area (Å²) in [4.78, 5) is 3.52. The molecule has 18 heavy (non-hydrogen) atoms. The Hall–Kier alpha value is -0.260. The van der Waals surface area contributed by atoms with Gasteiger partial charge >= 0.3 is 12.5 Å². The third-order valence-electron chi connectivity index (χ3n) is 1.66. The molecule has 0 aliphatic carbocycles. The summed E-state index contributed by atoms with van der Waals surface area (Å²) >= 11 is 4.25. The van der Waals surface area contributed by atoms with Crippen LogP contribution in [-0.2, 0) is 11.5 Å². The second-order valence-corrected chi connectivity index (χ2v) is 4.61. The molecule has 0 aromatic carbocycles. The van der Waals surface area contributed by atoms with Gasteiger partial charge in [-0.25, -0.2) is 4.98 Å². The minimum atomic E-state index is -5.20. The molecule has 1 aromatic heterocycles. The maximum absolute atomic E-state index is 12.7. The van der Waals surface area contributed by atoms with Crippen molar-refractivity contribution in [3.63, 3.8) is 0 Å². The van der Waals surface area contributed by atoms with E-state index in [2.05, 4.69) is 25.7 Å². The van der Waals surface area contributed by atoms with Gasteiger partial charge in [0.2, 0.25) is 0 Å². The van der Waals surface area contributed by atoms with Gasteiger partial charge in [-0.2, -0.15) is 13.2 Å². The second kappa shape index (κ2) is 5.39. The summed E-state index contributed by atoms with van der Waals surface area (Å²) in [6.45, 7) is 0. The van der Waals surface area contributed by atoms with E-state index in [4.69, 9.17) is 0 Å². The largest absolute Gasteiger partial charge is 0.573 e. The van der Waals surface area contributed by atoms with E-state index in [9.17, 15) is 26.3 Å². The predicted molar refractivity (Wildman–Crippen MR) is 61.3 cm³/mol. The van der Waals surface area contributed by atoms with Gasteiger partial charge in [0.25, 0.3) is 0 Å². The highest BCUT2D eigenvalue weighted by atomic mass is 127. The SMILES string of the molecule is FC(F)(F)Oc1cc(I)nc(CBr)c1C(F)(F)F. The minimum absolute atomic E-state index is 0.0331. The summed E-state index contributed by atoms with van der Waals surface area (Å²) in [5, 5.41) is -0.340. The molecule has 0 aliphatic rings. The third-order valence-corrected chi connectivity index (χ3v) is 2.75. The molecule has 0 spiro atoms. The van der Waals surface area contributed by atoms with Crippen LogP contribution in [0.1, 0.15) is 11.3 Å². The fourth-order valence-electron chi connectivity index (χ4n) is 1.14. The molecule has 102 valence electrons. The lowest BCUT2D eigenvalue weighted by molar-refractivity contribution is -0.276.